The summed E-state index contributed by atoms with van der Waals surface area (Å²) < 4.78 is 5.49. The Morgan fingerprint density at radius 2 is 2.29 bits per heavy atom. The number of halogens is 1. The van der Waals surface area contributed by atoms with E-state index in [-0.39, 0.29) is 5.56 Å². The van der Waals surface area contributed by atoms with Gasteiger partial charge in [0, 0.05) is 17.6 Å². The van der Waals surface area contributed by atoms with Crippen LogP contribution in [0.25, 0.3) is 22.0 Å². The van der Waals surface area contributed by atoms with Gasteiger partial charge in [-0.25, -0.2) is 4.98 Å². The summed E-state index contributed by atoms with van der Waals surface area (Å²) in [6.45, 7) is 1.73. The van der Waals surface area contributed by atoms with Gasteiger partial charge >= 0.3 is 0 Å². The summed E-state index contributed by atoms with van der Waals surface area (Å²) >= 11 is 3.39. The summed E-state index contributed by atoms with van der Waals surface area (Å²) in [5.41, 5.74) is 2.58. The minimum atomic E-state index is -0.212. The fraction of sp³-hybridized carbons (Fsp3) is 0.167. The summed E-state index contributed by atoms with van der Waals surface area (Å²) in [5.74, 6) is 0.502. The van der Waals surface area contributed by atoms with Gasteiger partial charge in [0.25, 0.3) is 5.56 Å². The molecule has 3 rings (SSSR count). The van der Waals surface area contributed by atoms with E-state index in [2.05, 4.69) is 25.9 Å². The lowest BCUT2D eigenvalue weighted by Gasteiger charge is -2.00. The van der Waals surface area contributed by atoms with Crippen LogP contribution < -0.4 is 5.56 Å². The van der Waals surface area contributed by atoms with Crippen molar-refractivity contribution in [2.75, 3.05) is 0 Å². The monoisotopic (exact) mass is 292 g/mol. The number of aromatic nitrogens is 2. The van der Waals surface area contributed by atoms with Gasteiger partial charge in [-0.3, -0.25) is 4.79 Å². The maximum absolute atomic E-state index is 11.8. The first-order chi connectivity index (χ1) is 8.19. The molecule has 0 fully saturated rings. The number of pyridine rings is 1. The quantitative estimate of drug-likeness (QED) is 0.702. The summed E-state index contributed by atoms with van der Waals surface area (Å²) in [6.07, 6.45) is 0. The Kier molecular flexibility index (Phi) is 2.29. The number of fused-ring (bicyclic) bond motifs is 3. The minimum absolute atomic E-state index is 0.212. The molecule has 1 N–H and O–H groups in total. The molecule has 0 atom stereocenters. The van der Waals surface area contributed by atoms with E-state index in [0.717, 1.165) is 21.8 Å². The maximum atomic E-state index is 11.8. The number of rotatable bonds is 1. The Morgan fingerprint density at radius 1 is 1.47 bits per heavy atom. The van der Waals surface area contributed by atoms with Gasteiger partial charge < -0.3 is 9.40 Å². The molecule has 4 nitrogen and oxygen atoms in total. The van der Waals surface area contributed by atoms with E-state index >= 15 is 0 Å². The number of oxazole rings is 1. The Labute approximate surface area is 105 Å². The van der Waals surface area contributed by atoms with Gasteiger partial charge in [-0.15, -0.1) is 0 Å². The maximum Gasteiger partial charge on any atom is 0.278 e. The topological polar surface area (TPSA) is 58.9 Å². The second kappa shape index (κ2) is 3.70. The molecule has 2 aromatic heterocycles. The molecule has 86 valence electrons. The fourth-order valence-corrected chi connectivity index (χ4v) is 2.27. The molecular formula is C12H9BrN2O2. The number of nitrogens with zero attached hydrogens (tertiary/aromatic N) is 1. The van der Waals surface area contributed by atoms with Crippen LogP contribution >= 0.6 is 15.9 Å². The molecule has 5 heteroatoms. The molecule has 0 spiro atoms. The first kappa shape index (κ1) is 10.5. The Morgan fingerprint density at radius 3 is 3.06 bits per heavy atom. The fourth-order valence-electron chi connectivity index (χ4n) is 1.92. The average molecular weight is 293 g/mol. The van der Waals surface area contributed by atoms with Crippen molar-refractivity contribution in [1.82, 2.24) is 9.97 Å². The van der Waals surface area contributed by atoms with Crippen LogP contribution in [0.1, 0.15) is 11.5 Å². The number of nitrogens with one attached hydrogen (secondary N) is 1. The van der Waals surface area contributed by atoms with E-state index in [1.807, 2.05) is 18.2 Å². The van der Waals surface area contributed by atoms with Gasteiger partial charge in [-0.1, -0.05) is 22.0 Å². The van der Waals surface area contributed by atoms with Crippen molar-refractivity contribution in [2.45, 2.75) is 12.3 Å². The predicted octanol–water partition coefficient (Wildman–Crippen LogP) is 2.87. The number of aryl methyl sites for hydroxylation is 1. The van der Waals surface area contributed by atoms with Gasteiger partial charge in [-0.2, -0.15) is 0 Å². The Hall–Kier alpha value is -1.62. The predicted molar refractivity (Wildman–Crippen MR) is 69.5 cm³/mol. The molecule has 17 heavy (non-hydrogen) atoms. The number of hydrogen-bond acceptors (Lipinski definition) is 3. The average Bonchev–Trinajstić information content (AvgIpc) is 2.71. The standard InChI is InChI=1S/C12H9BrN2O2/c1-6-14-10-11(17-6)8-3-2-7(5-13)4-9(8)15-12(10)16/h2-4H,5H2,1H3,(H,15,16). The molecule has 0 radical (unpaired) electrons. The summed E-state index contributed by atoms with van der Waals surface area (Å²) in [5, 5.41) is 1.63. The third-order valence-electron chi connectivity index (χ3n) is 2.68. The summed E-state index contributed by atoms with van der Waals surface area (Å²) in [4.78, 5) is 18.7. The normalized spacial score (nSPS) is 11.4. The second-order valence-electron chi connectivity index (χ2n) is 3.88. The Balaban J connectivity index is 2.52. The van der Waals surface area contributed by atoms with Crippen LogP contribution in [-0.4, -0.2) is 9.97 Å². The minimum Gasteiger partial charge on any atom is -0.440 e. The van der Waals surface area contributed by atoms with E-state index < -0.39 is 0 Å². The zero-order valence-corrected chi connectivity index (χ0v) is 10.7. The van der Waals surface area contributed by atoms with Crippen LogP contribution in [-0.2, 0) is 5.33 Å². The zero-order chi connectivity index (χ0) is 12.0. The third-order valence-corrected chi connectivity index (χ3v) is 3.33. The highest BCUT2D eigenvalue weighted by Gasteiger charge is 2.11. The lowest BCUT2D eigenvalue weighted by molar-refractivity contribution is 0.563. The van der Waals surface area contributed by atoms with Crippen molar-refractivity contribution in [3.63, 3.8) is 0 Å². The lowest BCUT2D eigenvalue weighted by atomic mass is 10.1. The number of aromatic amines is 1. The van der Waals surface area contributed by atoms with Gasteiger partial charge in [-0.05, 0) is 17.7 Å². The van der Waals surface area contributed by atoms with E-state index in [0.29, 0.717) is 17.0 Å². The lowest BCUT2D eigenvalue weighted by Crippen LogP contribution is -2.06. The van der Waals surface area contributed by atoms with E-state index in [9.17, 15) is 4.79 Å². The highest BCUT2D eigenvalue weighted by molar-refractivity contribution is 9.08. The van der Waals surface area contributed by atoms with Gasteiger partial charge in [0.05, 0.1) is 5.52 Å². The van der Waals surface area contributed by atoms with Crippen molar-refractivity contribution in [3.8, 4) is 0 Å². The molecule has 0 saturated heterocycles. The van der Waals surface area contributed by atoms with Crippen LogP contribution in [0.4, 0.5) is 0 Å². The molecule has 2 heterocycles. The van der Waals surface area contributed by atoms with Crippen molar-refractivity contribution >= 4 is 37.9 Å². The van der Waals surface area contributed by atoms with Gasteiger partial charge in [0.2, 0.25) is 0 Å². The molecule has 1 aromatic carbocycles. The van der Waals surface area contributed by atoms with Crippen molar-refractivity contribution in [1.29, 1.82) is 0 Å². The van der Waals surface area contributed by atoms with E-state index in [1.165, 1.54) is 0 Å². The van der Waals surface area contributed by atoms with Crippen LogP contribution in [0, 0.1) is 6.92 Å². The smallest absolute Gasteiger partial charge is 0.278 e. The molecule has 3 aromatic rings. The highest BCUT2D eigenvalue weighted by atomic mass is 79.9. The van der Waals surface area contributed by atoms with Gasteiger partial charge in [0.15, 0.2) is 17.0 Å². The van der Waals surface area contributed by atoms with Crippen LogP contribution in [0.3, 0.4) is 0 Å². The molecule has 0 amide bonds. The SMILES string of the molecule is Cc1nc2c(=O)[nH]c3cc(CBr)ccc3c2o1. The van der Waals surface area contributed by atoms with Crippen LogP contribution in [0.5, 0.6) is 0 Å². The molecule has 0 aliphatic heterocycles. The largest absolute Gasteiger partial charge is 0.440 e. The Bertz CT molecular complexity index is 773. The first-order valence-electron chi connectivity index (χ1n) is 5.17. The third kappa shape index (κ3) is 1.58. The summed E-state index contributed by atoms with van der Waals surface area (Å²) in [6, 6.07) is 5.87. The van der Waals surface area contributed by atoms with Gasteiger partial charge in [0.1, 0.15) is 0 Å². The number of hydrogen-bond donors (Lipinski definition) is 1. The second-order valence-corrected chi connectivity index (χ2v) is 4.44. The van der Waals surface area contributed by atoms with Crippen LogP contribution in [0.15, 0.2) is 27.4 Å². The number of alkyl halides is 1. The molecule has 0 unspecified atom stereocenters. The van der Waals surface area contributed by atoms with E-state index in [1.54, 1.807) is 6.92 Å². The molecule has 0 bridgehead atoms. The van der Waals surface area contributed by atoms with Crippen LogP contribution in [0.2, 0.25) is 0 Å². The molecule has 0 aliphatic carbocycles. The molecule has 0 saturated carbocycles. The highest BCUT2D eigenvalue weighted by Crippen LogP contribution is 2.23. The molecular weight excluding hydrogens is 284 g/mol. The number of benzene rings is 1. The summed E-state index contributed by atoms with van der Waals surface area (Å²) in [7, 11) is 0. The zero-order valence-electron chi connectivity index (χ0n) is 9.08. The first-order valence-corrected chi connectivity index (χ1v) is 6.29. The van der Waals surface area contributed by atoms with Crippen molar-refractivity contribution in [2.24, 2.45) is 0 Å². The van der Waals surface area contributed by atoms with E-state index in [4.69, 9.17) is 4.42 Å². The number of H-pyrrole nitrogens is 1. The molecule has 0 aliphatic rings. The van der Waals surface area contributed by atoms with Crippen molar-refractivity contribution in [3.05, 3.63) is 40.0 Å². The van der Waals surface area contributed by atoms with Crippen molar-refractivity contribution < 1.29 is 4.42 Å².